The number of nitrogens with two attached hydrogens (primary N) is 1. The van der Waals surface area contributed by atoms with E-state index in [0.29, 0.717) is 12.1 Å². The Bertz CT molecular complexity index is 521. The third-order valence-electron chi connectivity index (χ3n) is 2.80. The number of ether oxygens (including phenoxy) is 1. The highest BCUT2D eigenvalue weighted by Gasteiger charge is 2.16. The monoisotopic (exact) mass is 293 g/mol. The van der Waals surface area contributed by atoms with Crippen LogP contribution in [0.1, 0.15) is 31.9 Å². The fourth-order valence-corrected chi connectivity index (χ4v) is 1.64. The molecule has 116 valence electrons. The summed E-state index contributed by atoms with van der Waals surface area (Å²) in [4.78, 5) is 13.6. The molecule has 1 aromatic carbocycles. The minimum atomic E-state index is -0.345. The van der Waals surface area contributed by atoms with Gasteiger partial charge in [-0.2, -0.15) is 0 Å². The highest BCUT2D eigenvalue weighted by molar-refractivity contribution is 5.97. The Balaban J connectivity index is 2.66. The Labute approximate surface area is 125 Å². The predicted molar refractivity (Wildman–Crippen MR) is 81.1 cm³/mol. The van der Waals surface area contributed by atoms with E-state index in [4.69, 9.17) is 15.7 Å². The summed E-state index contributed by atoms with van der Waals surface area (Å²) in [6.45, 7) is 6.18. The van der Waals surface area contributed by atoms with E-state index in [1.54, 1.807) is 30.1 Å². The molecule has 0 aliphatic rings. The number of benzene rings is 1. The standard InChI is InChI=1S/C15H23N3O3/c1-15(2,3)21-10-13(19)18(4)9-11-6-5-7-12(8-11)14(16)17-20/h5-8,20H,9-10H2,1-4H3,(H2,16,17). The number of oxime groups is 1. The third kappa shape index (κ3) is 5.83. The van der Waals surface area contributed by atoms with Crippen molar-refractivity contribution in [2.75, 3.05) is 13.7 Å². The lowest BCUT2D eigenvalue weighted by atomic mass is 10.1. The molecule has 0 unspecified atom stereocenters. The molecule has 0 aromatic heterocycles. The zero-order valence-corrected chi connectivity index (χ0v) is 13.0. The van der Waals surface area contributed by atoms with Crippen LogP contribution in [0.5, 0.6) is 0 Å². The van der Waals surface area contributed by atoms with Gasteiger partial charge in [0.05, 0.1) is 5.60 Å². The number of carbonyl (C=O) groups is 1. The van der Waals surface area contributed by atoms with Gasteiger partial charge in [0.2, 0.25) is 5.91 Å². The number of nitrogens with zero attached hydrogens (tertiary/aromatic N) is 2. The Kier molecular flexibility index (Phi) is 5.72. The first kappa shape index (κ1) is 17.0. The van der Waals surface area contributed by atoms with Crippen LogP contribution in [-0.2, 0) is 16.1 Å². The van der Waals surface area contributed by atoms with Crippen LogP contribution in [0, 0.1) is 0 Å². The fraction of sp³-hybridized carbons (Fsp3) is 0.467. The van der Waals surface area contributed by atoms with E-state index in [-0.39, 0.29) is 24.0 Å². The number of hydrogen-bond acceptors (Lipinski definition) is 4. The van der Waals surface area contributed by atoms with Gasteiger partial charge in [0.1, 0.15) is 6.61 Å². The summed E-state index contributed by atoms with van der Waals surface area (Å²) in [6.07, 6.45) is 0. The molecule has 0 spiro atoms. The van der Waals surface area contributed by atoms with Crippen molar-refractivity contribution in [1.82, 2.24) is 4.90 Å². The van der Waals surface area contributed by atoms with Crippen LogP contribution in [0.4, 0.5) is 0 Å². The van der Waals surface area contributed by atoms with Crippen molar-refractivity contribution in [3.63, 3.8) is 0 Å². The predicted octanol–water partition coefficient (Wildman–Crippen LogP) is 1.55. The minimum absolute atomic E-state index is 0.0416. The Morgan fingerprint density at radius 3 is 2.67 bits per heavy atom. The van der Waals surface area contributed by atoms with Crippen LogP contribution in [0.2, 0.25) is 0 Å². The third-order valence-corrected chi connectivity index (χ3v) is 2.80. The summed E-state index contributed by atoms with van der Waals surface area (Å²) >= 11 is 0. The maximum atomic E-state index is 12.0. The van der Waals surface area contributed by atoms with Gasteiger partial charge in [0.25, 0.3) is 0 Å². The highest BCUT2D eigenvalue weighted by atomic mass is 16.5. The molecule has 0 fully saturated rings. The molecule has 0 atom stereocenters. The van der Waals surface area contributed by atoms with Crippen molar-refractivity contribution in [3.05, 3.63) is 35.4 Å². The maximum Gasteiger partial charge on any atom is 0.248 e. The summed E-state index contributed by atoms with van der Waals surface area (Å²) in [5, 5.41) is 11.6. The van der Waals surface area contributed by atoms with Crippen LogP contribution in [0.3, 0.4) is 0 Å². The Morgan fingerprint density at radius 2 is 2.10 bits per heavy atom. The zero-order valence-electron chi connectivity index (χ0n) is 13.0. The van der Waals surface area contributed by atoms with Gasteiger partial charge in [-0.1, -0.05) is 23.4 Å². The number of amidine groups is 1. The van der Waals surface area contributed by atoms with Crippen LogP contribution >= 0.6 is 0 Å². The van der Waals surface area contributed by atoms with E-state index in [0.717, 1.165) is 5.56 Å². The van der Waals surface area contributed by atoms with E-state index >= 15 is 0 Å². The minimum Gasteiger partial charge on any atom is -0.409 e. The maximum absolute atomic E-state index is 12.0. The Morgan fingerprint density at radius 1 is 1.43 bits per heavy atom. The summed E-state index contributed by atoms with van der Waals surface area (Å²) in [5.74, 6) is -0.0546. The zero-order chi connectivity index (χ0) is 16.0. The normalized spacial score (nSPS) is 12.3. The van der Waals surface area contributed by atoms with E-state index < -0.39 is 0 Å². The lowest BCUT2D eigenvalue weighted by molar-refractivity contribution is -0.140. The highest BCUT2D eigenvalue weighted by Crippen LogP contribution is 2.10. The van der Waals surface area contributed by atoms with Gasteiger partial charge < -0.3 is 20.6 Å². The molecule has 1 amide bonds. The van der Waals surface area contributed by atoms with Gasteiger partial charge in [-0.25, -0.2) is 0 Å². The molecular formula is C15H23N3O3. The first-order valence-corrected chi connectivity index (χ1v) is 6.67. The molecule has 0 aliphatic carbocycles. The molecule has 1 aromatic rings. The van der Waals surface area contributed by atoms with Crippen molar-refractivity contribution >= 4 is 11.7 Å². The molecule has 1 rings (SSSR count). The fourth-order valence-electron chi connectivity index (χ4n) is 1.64. The molecule has 6 heteroatoms. The van der Waals surface area contributed by atoms with Crippen LogP contribution in [0.15, 0.2) is 29.4 Å². The number of carbonyl (C=O) groups excluding carboxylic acids is 1. The van der Waals surface area contributed by atoms with E-state index in [2.05, 4.69) is 5.16 Å². The quantitative estimate of drug-likeness (QED) is 0.373. The number of amides is 1. The molecule has 0 bridgehead atoms. The summed E-state index contributed by atoms with van der Waals surface area (Å²) in [5.41, 5.74) is 6.71. The molecule has 0 heterocycles. The first-order valence-electron chi connectivity index (χ1n) is 6.67. The molecule has 21 heavy (non-hydrogen) atoms. The summed E-state index contributed by atoms with van der Waals surface area (Å²) in [6, 6.07) is 7.20. The van der Waals surface area contributed by atoms with Gasteiger partial charge >= 0.3 is 0 Å². The number of likely N-dealkylation sites (N-methyl/N-ethyl adjacent to an activating group) is 1. The largest absolute Gasteiger partial charge is 0.409 e. The second-order valence-electron chi connectivity index (χ2n) is 5.84. The van der Waals surface area contributed by atoms with Crippen molar-refractivity contribution in [2.24, 2.45) is 10.9 Å². The Hall–Kier alpha value is -2.08. The van der Waals surface area contributed by atoms with Gasteiger partial charge in [-0.3, -0.25) is 4.79 Å². The van der Waals surface area contributed by atoms with Crippen molar-refractivity contribution in [3.8, 4) is 0 Å². The molecule has 0 saturated heterocycles. The first-order chi connectivity index (χ1) is 9.73. The van der Waals surface area contributed by atoms with Crippen LogP contribution < -0.4 is 5.73 Å². The molecule has 0 saturated carbocycles. The average Bonchev–Trinajstić information content (AvgIpc) is 2.43. The summed E-state index contributed by atoms with van der Waals surface area (Å²) < 4.78 is 5.47. The lowest BCUT2D eigenvalue weighted by Gasteiger charge is -2.22. The average molecular weight is 293 g/mol. The number of rotatable bonds is 5. The molecule has 0 aliphatic heterocycles. The smallest absolute Gasteiger partial charge is 0.248 e. The molecule has 0 radical (unpaired) electrons. The lowest BCUT2D eigenvalue weighted by Crippen LogP contribution is -2.33. The summed E-state index contributed by atoms with van der Waals surface area (Å²) in [7, 11) is 1.71. The van der Waals surface area contributed by atoms with E-state index in [1.807, 2.05) is 26.8 Å². The SMILES string of the molecule is CN(Cc1cccc(/C(N)=N/O)c1)C(=O)COC(C)(C)C. The van der Waals surface area contributed by atoms with Crippen LogP contribution in [-0.4, -0.2) is 41.1 Å². The van der Waals surface area contributed by atoms with E-state index in [9.17, 15) is 4.79 Å². The van der Waals surface area contributed by atoms with Crippen molar-refractivity contribution in [2.45, 2.75) is 32.9 Å². The molecule has 3 N–H and O–H groups in total. The number of hydrogen-bond donors (Lipinski definition) is 2. The van der Waals surface area contributed by atoms with Crippen LogP contribution in [0.25, 0.3) is 0 Å². The van der Waals surface area contributed by atoms with Gasteiger partial charge in [0.15, 0.2) is 5.84 Å². The van der Waals surface area contributed by atoms with Gasteiger partial charge in [-0.15, -0.1) is 0 Å². The molecular weight excluding hydrogens is 270 g/mol. The second-order valence-corrected chi connectivity index (χ2v) is 5.84. The van der Waals surface area contributed by atoms with Gasteiger partial charge in [0, 0.05) is 19.2 Å². The van der Waals surface area contributed by atoms with E-state index in [1.165, 1.54) is 0 Å². The van der Waals surface area contributed by atoms with Crippen molar-refractivity contribution in [1.29, 1.82) is 0 Å². The van der Waals surface area contributed by atoms with Gasteiger partial charge in [-0.05, 0) is 32.4 Å². The molecule has 6 nitrogen and oxygen atoms in total. The topological polar surface area (TPSA) is 88.1 Å². The second kappa shape index (κ2) is 7.08. The van der Waals surface area contributed by atoms with Crippen molar-refractivity contribution < 1.29 is 14.7 Å².